The molecule has 3 N–H and O–H groups in total. The van der Waals surface area contributed by atoms with E-state index in [1.807, 2.05) is 13.8 Å². The molecule has 3 rings (SSSR count). The van der Waals surface area contributed by atoms with E-state index in [4.69, 9.17) is 10.5 Å². The lowest BCUT2D eigenvalue weighted by Crippen LogP contribution is -2.70. The average molecular weight is 458 g/mol. The summed E-state index contributed by atoms with van der Waals surface area (Å²) in [4.78, 5) is 50.2. The number of carbonyl (C=O) groups is 4. The number of esters is 1. The van der Waals surface area contributed by atoms with Crippen LogP contribution in [0.1, 0.15) is 26.3 Å². The van der Waals surface area contributed by atoms with Crippen LogP contribution in [0.4, 0.5) is 9.80 Å². The van der Waals surface area contributed by atoms with E-state index in [2.05, 4.69) is 14.8 Å². The van der Waals surface area contributed by atoms with Crippen molar-refractivity contribution in [1.29, 1.82) is 0 Å². The molecule has 1 aromatic heterocycles. The number of β-lactam (4-membered cyclic amide) rings is 1. The number of hydrogen-bond donors (Lipinski definition) is 2. The van der Waals surface area contributed by atoms with Crippen LogP contribution >= 0.6 is 23.1 Å². The van der Waals surface area contributed by atoms with Crippen LogP contribution in [-0.4, -0.2) is 64.4 Å². The van der Waals surface area contributed by atoms with E-state index < -0.39 is 35.7 Å². The van der Waals surface area contributed by atoms with Crippen molar-refractivity contribution < 1.29 is 33.4 Å². The first-order valence-electron chi connectivity index (χ1n) is 9.23. The molecule has 3 heterocycles. The molecule has 2 aliphatic rings. The molecule has 164 valence electrons. The number of thioether (sulfide) groups is 1. The Balaban J connectivity index is 1.58. The van der Waals surface area contributed by atoms with Crippen molar-refractivity contribution in [2.24, 2.45) is 0 Å². The summed E-state index contributed by atoms with van der Waals surface area (Å²) in [6, 6.07) is 0.174. The predicted octanol–water partition coefficient (Wildman–Crippen LogP) is 1.09. The van der Waals surface area contributed by atoms with Crippen LogP contribution in [0, 0.1) is 0 Å². The van der Waals surface area contributed by atoms with Crippen molar-refractivity contribution in [2.75, 3.05) is 19.1 Å². The second-order valence-electron chi connectivity index (χ2n) is 7.20. The SMILES string of the molecule is CCOC(=O)OCOC(=O)[C@@H]1N2C(=O)[C@@H](NC(=O)Cc3ccsc3N)[C@H]2SC1(C)C. The third kappa shape index (κ3) is 4.33. The van der Waals surface area contributed by atoms with Gasteiger partial charge in [-0.3, -0.25) is 9.59 Å². The quantitative estimate of drug-likeness (QED) is 0.350. The number of hydrogen-bond acceptors (Lipinski definition) is 10. The number of carbonyl (C=O) groups excluding carboxylic acids is 4. The molecule has 12 heteroatoms. The van der Waals surface area contributed by atoms with E-state index in [0.29, 0.717) is 10.6 Å². The number of rotatable bonds is 7. The van der Waals surface area contributed by atoms with Crippen LogP contribution in [0.5, 0.6) is 0 Å². The van der Waals surface area contributed by atoms with Crippen molar-refractivity contribution in [3.63, 3.8) is 0 Å². The van der Waals surface area contributed by atoms with Gasteiger partial charge >= 0.3 is 12.1 Å². The van der Waals surface area contributed by atoms with Crippen LogP contribution < -0.4 is 11.1 Å². The molecule has 0 spiro atoms. The first-order chi connectivity index (χ1) is 14.2. The summed E-state index contributed by atoms with van der Waals surface area (Å²) in [6.45, 7) is 4.77. The molecule has 0 bridgehead atoms. The number of thiophene rings is 1. The highest BCUT2D eigenvalue weighted by Gasteiger charge is 2.64. The lowest BCUT2D eigenvalue weighted by Gasteiger charge is -2.43. The fraction of sp³-hybridized carbons (Fsp3) is 0.556. The second kappa shape index (κ2) is 8.72. The number of amides is 2. The number of nitrogens with zero attached hydrogens (tertiary/aromatic N) is 1. The first kappa shape index (κ1) is 22.2. The van der Waals surface area contributed by atoms with E-state index in [1.54, 1.807) is 18.4 Å². The van der Waals surface area contributed by atoms with Crippen LogP contribution in [0.25, 0.3) is 0 Å². The minimum absolute atomic E-state index is 0.0799. The zero-order valence-corrected chi connectivity index (χ0v) is 18.3. The van der Waals surface area contributed by atoms with Crippen molar-refractivity contribution in [1.82, 2.24) is 10.2 Å². The molecule has 2 fully saturated rings. The zero-order chi connectivity index (χ0) is 22.1. The van der Waals surface area contributed by atoms with Crippen LogP contribution in [-0.2, 0) is 35.0 Å². The number of nitrogens with two attached hydrogens (primary N) is 1. The summed E-state index contributed by atoms with van der Waals surface area (Å²) < 4.78 is 13.6. The molecule has 1 aromatic rings. The van der Waals surface area contributed by atoms with Crippen LogP contribution in [0.15, 0.2) is 11.4 Å². The number of nitrogen functional groups attached to an aromatic ring is 1. The van der Waals surface area contributed by atoms with Gasteiger partial charge in [-0.2, -0.15) is 0 Å². The number of ether oxygens (including phenoxy) is 3. The Morgan fingerprint density at radius 1 is 1.27 bits per heavy atom. The predicted molar refractivity (Wildman–Crippen MR) is 110 cm³/mol. The second-order valence-corrected chi connectivity index (χ2v) is 9.92. The minimum atomic E-state index is -0.947. The van der Waals surface area contributed by atoms with E-state index in [1.165, 1.54) is 28.0 Å². The first-order valence-corrected chi connectivity index (χ1v) is 11.0. The summed E-state index contributed by atoms with van der Waals surface area (Å²) in [6.07, 6.45) is -0.867. The highest BCUT2D eigenvalue weighted by molar-refractivity contribution is 8.01. The molecule has 0 unspecified atom stereocenters. The molecule has 10 nitrogen and oxygen atoms in total. The zero-order valence-electron chi connectivity index (χ0n) is 16.7. The highest BCUT2D eigenvalue weighted by Crippen LogP contribution is 2.51. The Morgan fingerprint density at radius 3 is 2.63 bits per heavy atom. The molecule has 2 aliphatic heterocycles. The Labute approximate surface area is 181 Å². The fourth-order valence-corrected chi connectivity index (χ4v) is 5.68. The minimum Gasteiger partial charge on any atom is -0.435 e. The third-order valence-electron chi connectivity index (χ3n) is 4.75. The van der Waals surface area contributed by atoms with Gasteiger partial charge in [0.05, 0.1) is 18.0 Å². The summed E-state index contributed by atoms with van der Waals surface area (Å²) in [5.41, 5.74) is 6.52. The molecule has 0 aliphatic carbocycles. The van der Waals surface area contributed by atoms with Gasteiger partial charge < -0.3 is 30.2 Å². The van der Waals surface area contributed by atoms with Gasteiger partial charge in [-0.1, -0.05) is 0 Å². The number of fused-ring (bicyclic) bond motifs is 1. The summed E-state index contributed by atoms with van der Waals surface area (Å²) in [7, 11) is 0. The maximum absolute atomic E-state index is 12.7. The molecular weight excluding hydrogens is 434 g/mol. The Morgan fingerprint density at radius 2 is 2.00 bits per heavy atom. The standard InChI is InChI=1S/C18H23N3O7S2/c1-4-26-17(25)28-8-27-16(24)12-18(2,3)30-15-11(14(23)21(12)15)20-10(22)7-9-5-6-29-13(9)19/h5-6,11-12,15H,4,7-8,19H2,1-3H3,(H,20,22)/t11-,12+,15-/m1/s1. The largest absolute Gasteiger partial charge is 0.511 e. The van der Waals surface area contributed by atoms with Gasteiger partial charge in [-0.05, 0) is 37.8 Å². The molecule has 0 radical (unpaired) electrons. The van der Waals surface area contributed by atoms with Crippen molar-refractivity contribution >= 4 is 52.0 Å². The van der Waals surface area contributed by atoms with Gasteiger partial charge in [0.1, 0.15) is 17.5 Å². The molecule has 30 heavy (non-hydrogen) atoms. The van der Waals surface area contributed by atoms with Gasteiger partial charge in [-0.25, -0.2) is 9.59 Å². The smallest absolute Gasteiger partial charge is 0.435 e. The number of nitrogens with one attached hydrogen (secondary N) is 1. The van der Waals surface area contributed by atoms with Gasteiger partial charge in [0.25, 0.3) is 0 Å². The van der Waals surface area contributed by atoms with Crippen LogP contribution in [0.2, 0.25) is 0 Å². The Bertz CT molecular complexity index is 857. The Kier molecular flexibility index (Phi) is 6.46. The monoisotopic (exact) mass is 457 g/mol. The number of anilines is 1. The van der Waals surface area contributed by atoms with Gasteiger partial charge in [0, 0.05) is 4.75 Å². The van der Waals surface area contributed by atoms with Crippen molar-refractivity contribution in [2.45, 2.75) is 49.4 Å². The normalized spacial score (nSPS) is 23.9. The van der Waals surface area contributed by atoms with E-state index in [0.717, 1.165) is 0 Å². The molecule has 2 saturated heterocycles. The highest BCUT2D eigenvalue weighted by atomic mass is 32.2. The maximum Gasteiger partial charge on any atom is 0.511 e. The maximum atomic E-state index is 12.7. The third-order valence-corrected chi connectivity index (χ3v) is 7.11. The van der Waals surface area contributed by atoms with Crippen molar-refractivity contribution in [3.05, 3.63) is 17.0 Å². The molecule has 2 amide bonds. The molecule has 0 saturated carbocycles. The summed E-state index contributed by atoms with van der Waals surface area (Å²) in [5.74, 6) is -1.37. The summed E-state index contributed by atoms with van der Waals surface area (Å²) in [5, 5.41) is 4.71. The van der Waals surface area contributed by atoms with Gasteiger partial charge in [-0.15, -0.1) is 23.1 Å². The van der Waals surface area contributed by atoms with E-state index in [-0.39, 0.29) is 30.2 Å². The average Bonchev–Trinajstić information content (AvgIpc) is 3.18. The Hall–Kier alpha value is -2.47. The van der Waals surface area contributed by atoms with Crippen molar-refractivity contribution in [3.8, 4) is 0 Å². The van der Waals surface area contributed by atoms with Gasteiger partial charge in [0.15, 0.2) is 0 Å². The van der Waals surface area contributed by atoms with Gasteiger partial charge in [0.2, 0.25) is 18.6 Å². The van der Waals surface area contributed by atoms with Crippen LogP contribution in [0.3, 0.4) is 0 Å². The molecule has 3 atom stereocenters. The molecule has 0 aromatic carbocycles. The lowest BCUT2D eigenvalue weighted by atomic mass is 9.96. The fourth-order valence-electron chi connectivity index (χ4n) is 3.39. The lowest BCUT2D eigenvalue weighted by molar-refractivity contribution is -0.170. The van der Waals surface area contributed by atoms with E-state index >= 15 is 0 Å². The summed E-state index contributed by atoms with van der Waals surface area (Å²) >= 11 is 2.74. The van der Waals surface area contributed by atoms with E-state index in [9.17, 15) is 19.2 Å². The molecular formula is C18H23N3O7S2. The topological polar surface area (TPSA) is 137 Å².